The van der Waals surface area contributed by atoms with Crippen LogP contribution < -0.4 is 10.6 Å². The minimum Gasteiger partial charge on any atom is -0.350 e. The molecule has 0 spiro atoms. The van der Waals surface area contributed by atoms with E-state index in [1.54, 1.807) is 48.5 Å². The van der Waals surface area contributed by atoms with Crippen LogP contribution in [0.25, 0.3) is 0 Å². The Morgan fingerprint density at radius 2 is 1.38 bits per heavy atom. The lowest BCUT2D eigenvalue weighted by molar-refractivity contribution is 0.0927. The molecule has 2 N–H and O–H groups in total. The van der Waals surface area contributed by atoms with Crippen LogP contribution in [0.2, 0.25) is 5.02 Å². The zero-order valence-corrected chi connectivity index (χ0v) is 12.1. The van der Waals surface area contributed by atoms with Gasteiger partial charge in [-0.1, -0.05) is 41.9 Å². The summed E-state index contributed by atoms with van der Waals surface area (Å²) >= 11 is 5.93. The number of nitrogens with one attached hydrogen (secondary N) is 2. The van der Waals surface area contributed by atoms with Crippen molar-refractivity contribution in [3.05, 3.63) is 70.7 Å². The zero-order valence-electron chi connectivity index (χ0n) is 11.3. The Labute approximate surface area is 128 Å². The number of hydrogen-bond acceptors (Lipinski definition) is 2. The summed E-state index contributed by atoms with van der Waals surface area (Å²) in [4.78, 5) is 23.6. The fourth-order valence-corrected chi connectivity index (χ4v) is 2.01. The quantitative estimate of drug-likeness (QED) is 0.834. The Morgan fingerprint density at radius 1 is 0.810 bits per heavy atom. The second kappa shape index (κ2) is 7.45. The Balaban J connectivity index is 1.76. The van der Waals surface area contributed by atoms with Crippen molar-refractivity contribution in [2.75, 3.05) is 13.1 Å². The van der Waals surface area contributed by atoms with Gasteiger partial charge in [0.25, 0.3) is 11.8 Å². The molecule has 0 aliphatic rings. The van der Waals surface area contributed by atoms with Gasteiger partial charge in [-0.3, -0.25) is 9.59 Å². The average Bonchev–Trinajstić information content (AvgIpc) is 2.52. The smallest absolute Gasteiger partial charge is 0.252 e. The molecule has 2 aromatic rings. The van der Waals surface area contributed by atoms with E-state index >= 15 is 0 Å². The first-order valence-corrected chi connectivity index (χ1v) is 6.92. The zero-order chi connectivity index (χ0) is 15.1. The first kappa shape index (κ1) is 15.1. The Hall–Kier alpha value is -2.33. The number of benzene rings is 2. The van der Waals surface area contributed by atoms with Crippen LogP contribution in [-0.4, -0.2) is 24.9 Å². The van der Waals surface area contributed by atoms with Crippen LogP contribution in [0.1, 0.15) is 20.7 Å². The van der Waals surface area contributed by atoms with Crippen molar-refractivity contribution in [1.82, 2.24) is 10.6 Å². The summed E-state index contributed by atoms with van der Waals surface area (Å²) in [7, 11) is 0. The second-order valence-electron chi connectivity index (χ2n) is 4.36. The highest BCUT2D eigenvalue weighted by atomic mass is 35.5. The first-order valence-electron chi connectivity index (χ1n) is 6.54. The standard InChI is InChI=1S/C16H15ClN2O2/c17-14-9-5-4-8-13(14)16(21)19-11-10-18-15(20)12-6-2-1-3-7-12/h1-9H,10-11H2,(H,18,20)(H,19,21). The Kier molecular flexibility index (Phi) is 5.35. The van der Waals surface area contributed by atoms with E-state index in [4.69, 9.17) is 11.6 Å². The largest absolute Gasteiger partial charge is 0.350 e. The average molecular weight is 303 g/mol. The highest BCUT2D eigenvalue weighted by molar-refractivity contribution is 6.33. The van der Waals surface area contributed by atoms with E-state index in [-0.39, 0.29) is 11.8 Å². The summed E-state index contributed by atoms with van der Waals surface area (Å²) in [6.07, 6.45) is 0. The molecule has 0 aliphatic heterocycles. The van der Waals surface area contributed by atoms with Gasteiger partial charge >= 0.3 is 0 Å². The van der Waals surface area contributed by atoms with Crippen LogP contribution in [0.4, 0.5) is 0 Å². The Bertz CT molecular complexity index is 629. The van der Waals surface area contributed by atoms with Crippen molar-refractivity contribution < 1.29 is 9.59 Å². The molecule has 0 aliphatic carbocycles. The molecule has 2 amide bonds. The molecule has 5 heteroatoms. The van der Waals surface area contributed by atoms with Crippen LogP contribution in [-0.2, 0) is 0 Å². The highest BCUT2D eigenvalue weighted by Crippen LogP contribution is 2.14. The third-order valence-electron chi connectivity index (χ3n) is 2.85. The first-order chi connectivity index (χ1) is 10.2. The van der Waals surface area contributed by atoms with Gasteiger partial charge in [0, 0.05) is 18.7 Å². The molecule has 0 saturated carbocycles. The molecule has 0 fully saturated rings. The maximum Gasteiger partial charge on any atom is 0.252 e. The lowest BCUT2D eigenvalue weighted by Crippen LogP contribution is -2.34. The third-order valence-corrected chi connectivity index (χ3v) is 3.18. The van der Waals surface area contributed by atoms with Gasteiger partial charge < -0.3 is 10.6 Å². The van der Waals surface area contributed by atoms with Crippen LogP contribution in [0, 0.1) is 0 Å². The molecule has 2 rings (SSSR count). The summed E-state index contributed by atoms with van der Waals surface area (Å²) < 4.78 is 0. The molecule has 0 radical (unpaired) electrons. The van der Waals surface area contributed by atoms with Gasteiger partial charge in [-0.05, 0) is 24.3 Å². The lowest BCUT2D eigenvalue weighted by Gasteiger charge is -2.08. The van der Waals surface area contributed by atoms with Gasteiger partial charge in [-0.2, -0.15) is 0 Å². The Morgan fingerprint density at radius 3 is 2.05 bits per heavy atom. The molecule has 0 aromatic heterocycles. The summed E-state index contributed by atoms with van der Waals surface area (Å²) in [5.74, 6) is -0.419. The summed E-state index contributed by atoms with van der Waals surface area (Å²) in [6, 6.07) is 15.7. The molecule has 108 valence electrons. The van der Waals surface area contributed by atoms with E-state index in [1.165, 1.54) is 0 Å². The van der Waals surface area contributed by atoms with Crippen molar-refractivity contribution in [2.24, 2.45) is 0 Å². The molecule has 2 aromatic carbocycles. The van der Waals surface area contributed by atoms with E-state index in [0.717, 1.165) is 0 Å². The second-order valence-corrected chi connectivity index (χ2v) is 4.76. The van der Waals surface area contributed by atoms with Gasteiger partial charge in [0.15, 0.2) is 0 Å². The molecular formula is C16H15ClN2O2. The number of halogens is 1. The molecule has 0 saturated heterocycles. The van der Waals surface area contributed by atoms with E-state index in [2.05, 4.69) is 10.6 Å². The minimum atomic E-state index is -0.255. The topological polar surface area (TPSA) is 58.2 Å². The van der Waals surface area contributed by atoms with E-state index < -0.39 is 0 Å². The number of amides is 2. The van der Waals surface area contributed by atoms with Gasteiger partial charge in [-0.15, -0.1) is 0 Å². The summed E-state index contributed by atoms with van der Waals surface area (Å²) in [6.45, 7) is 0.687. The van der Waals surface area contributed by atoms with Gasteiger partial charge in [0.2, 0.25) is 0 Å². The maximum absolute atomic E-state index is 11.9. The van der Waals surface area contributed by atoms with Crippen molar-refractivity contribution in [1.29, 1.82) is 0 Å². The van der Waals surface area contributed by atoms with E-state index in [9.17, 15) is 9.59 Å². The number of hydrogen-bond donors (Lipinski definition) is 2. The minimum absolute atomic E-state index is 0.164. The molecule has 0 heterocycles. The molecule has 4 nitrogen and oxygen atoms in total. The van der Waals surface area contributed by atoms with Gasteiger partial charge in [-0.25, -0.2) is 0 Å². The van der Waals surface area contributed by atoms with Gasteiger partial charge in [0.05, 0.1) is 10.6 Å². The molecule has 0 atom stereocenters. The predicted molar refractivity (Wildman–Crippen MR) is 82.6 cm³/mol. The van der Waals surface area contributed by atoms with E-state index in [1.807, 2.05) is 6.07 Å². The van der Waals surface area contributed by atoms with Crippen LogP contribution in [0.15, 0.2) is 54.6 Å². The summed E-state index contributed by atoms with van der Waals surface area (Å²) in [5, 5.41) is 5.85. The molecular weight excluding hydrogens is 288 g/mol. The monoisotopic (exact) mass is 302 g/mol. The lowest BCUT2D eigenvalue weighted by atomic mass is 10.2. The van der Waals surface area contributed by atoms with Crippen LogP contribution in [0.5, 0.6) is 0 Å². The number of rotatable bonds is 5. The SMILES string of the molecule is O=C(NCCNC(=O)c1ccccc1Cl)c1ccccc1. The molecule has 21 heavy (non-hydrogen) atoms. The number of carbonyl (C=O) groups is 2. The maximum atomic E-state index is 11.9. The number of carbonyl (C=O) groups excluding carboxylic acids is 2. The van der Waals surface area contributed by atoms with Crippen molar-refractivity contribution in [2.45, 2.75) is 0 Å². The van der Waals surface area contributed by atoms with E-state index in [0.29, 0.717) is 29.2 Å². The summed E-state index contributed by atoms with van der Waals surface area (Å²) in [5.41, 5.74) is 1.02. The normalized spacial score (nSPS) is 9.95. The van der Waals surface area contributed by atoms with Crippen molar-refractivity contribution >= 4 is 23.4 Å². The highest BCUT2D eigenvalue weighted by Gasteiger charge is 2.09. The molecule has 0 unspecified atom stereocenters. The van der Waals surface area contributed by atoms with Crippen molar-refractivity contribution in [3.63, 3.8) is 0 Å². The van der Waals surface area contributed by atoms with Crippen LogP contribution >= 0.6 is 11.6 Å². The fraction of sp³-hybridized carbons (Fsp3) is 0.125. The third kappa shape index (κ3) is 4.33. The van der Waals surface area contributed by atoms with Crippen LogP contribution in [0.3, 0.4) is 0 Å². The molecule has 0 bridgehead atoms. The fourth-order valence-electron chi connectivity index (χ4n) is 1.78. The van der Waals surface area contributed by atoms with Crippen molar-refractivity contribution in [3.8, 4) is 0 Å². The van der Waals surface area contributed by atoms with Gasteiger partial charge in [0.1, 0.15) is 0 Å². The predicted octanol–water partition coefficient (Wildman–Crippen LogP) is 2.50.